The maximum absolute atomic E-state index is 15.3. The number of nitrogens with one attached hydrogen (secondary N) is 1. The first-order valence-corrected chi connectivity index (χ1v) is 13.3. The van der Waals surface area contributed by atoms with E-state index in [0.717, 1.165) is 76.6 Å². The molecule has 1 aromatic rings. The number of aliphatic carboxylic acids is 1. The lowest BCUT2D eigenvalue weighted by atomic mass is 9.93. The van der Waals surface area contributed by atoms with Crippen LogP contribution in [0.3, 0.4) is 0 Å². The number of benzene rings is 1. The molecule has 1 unspecified atom stereocenters. The highest BCUT2D eigenvalue weighted by molar-refractivity contribution is 6.26. The van der Waals surface area contributed by atoms with Crippen molar-refractivity contribution in [1.82, 2.24) is 9.80 Å². The van der Waals surface area contributed by atoms with Gasteiger partial charge in [0.25, 0.3) is 0 Å². The molecular weight excluding hydrogens is 485 g/mol. The van der Waals surface area contributed by atoms with Gasteiger partial charge in [-0.3, -0.25) is 9.28 Å². The Labute approximate surface area is 216 Å². The lowest BCUT2D eigenvalue weighted by molar-refractivity contribution is -0.623. The summed E-state index contributed by atoms with van der Waals surface area (Å²) in [5.41, 5.74) is 1.15. The molecule has 1 aromatic carbocycles. The number of ketones is 1. The second-order valence-corrected chi connectivity index (χ2v) is 10.1. The standard InChI is InChI=1S/C26H36FN3O7/c27-22-16-20-24(17-23(22)29-12-10-28-11-13-29)30(19-8-9-19,18-21(25(20)31)26(32)33)14-6-4-2-1-3-5-7-15-35-37-36-34/h16-19,28H,1-15H2,(H-,32,33,34)/p+1. The number of carboxylic acids is 1. The van der Waals surface area contributed by atoms with Gasteiger partial charge in [0.1, 0.15) is 12.0 Å². The van der Waals surface area contributed by atoms with Crippen molar-refractivity contribution in [2.45, 2.75) is 63.8 Å². The third-order valence-corrected chi connectivity index (χ3v) is 7.58. The van der Waals surface area contributed by atoms with Crippen molar-refractivity contribution >= 4 is 23.1 Å². The van der Waals surface area contributed by atoms with E-state index in [1.54, 1.807) is 6.20 Å². The first-order chi connectivity index (χ1) is 18.0. The van der Waals surface area contributed by atoms with Crippen molar-refractivity contribution in [3.05, 3.63) is 35.3 Å². The van der Waals surface area contributed by atoms with Crippen LogP contribution in [0.15, 0.2) is 23.9 Å². The second kappa shape index (κ2) is 12.9. The van der Waals surface area contributed by atoms with Crippen LogP contribution in [0, 0.1) is 5.82 Å². The first kappa shape index (κ1) is 27.6. The van der Waals surface area contributed by atoms with Gasteiger partial charge in [0.2, 0.25) is 5.78 Å². The number of nitrogens with zero attached hydrogens (tertiary/aromatic N) is 2. The van der Waals surface area contributed by atoms with Crippen LogP contribution in [0.4, 0.5) is 15.8 Å². The van der Waals surface area contributed by atoms with E-state index in [4.69, 9.17) is 5.26 Å². The van der Waals surface area contributed by atoms with E-state index in [1.807, 2.05) is 11.0 Å². The molecule has 0 bridgehead atoms. The lowest BCUT2D eigenvalue weighted by Gasteiger charge is -2.40. The average molecular weight is 523 g/mol. The largest absolute Gasteiger partial charge is 0.477 e. The zero-order valence-corrected chi connectivity index (χ0v) is 21.1. The Morgan fingerprint density at radius 1 is 1.08 bits per heavy atom. The van der Waals surface area contributed by atoms with Gasteiger partial charge in [-0.05, 0) is 35.4 Å². The fourth-order valence-corrected chi connectivity index (χ4v) is 5.56. The molecule has 11 heteroatoms. The Bertz CT molecular complexity index is 995. The molecule has 37 heavy (non-hydrogen) atoms. The molecule has 1 atom stereocenters. The molecule has 0 radical (unpaired) electrons. The van der Waals surface area contributed by atoms with E-state index < -0.39 is 17.6 Å². The number of piperazine rings is 1. The van der Waals surface area contributed by atoms with Crippen LogP contribution in [-0.4, -0.2) is 67.5 Å². The number of anilines is 1. The number of rotatable bonds is 15. The minimum absolute atomic E-state index is 0.181. The Morgan fingerprint density at radius 3 is 2.41 bits per heavy atom. The number of fused-ring (bicyclic) bond motifs is 1. The van der Waals surface area contributed by atoms with E-state index in [9.17, 15) is 14.7 Å². The van der Waals surface area contributed by atoms with E-state index in [0.29, 0.717) is 36.4 Å². The lowest BCUT2D eigenvalue weighted by Crippen LogP contribution is -2.51. The summed E-state index contributed by atoms with van der Waals surface area (Å²) in [6.45, 7) is 3.91. The SMILES string of the molecule is O=C(O)C1=C[N+](CCCCCCCCCOOOO)(C2CC2)c2cc(N3CCNCC3)c(F)cc2C1=O. The summed E-state index contributed by atoms with van der Waals surface area (Å²) in [5, 5.41) is 28.4. The van der Waals surface area contributed by atoms with Gasteiger partial charge in [0.15, 0.2) is 11.3 Å². The van der Waals surface area contributed by atoms with Crippen LogP contribution in [0.2, 0.25) is 0 Å². The number of unbranched alkanes of at least 4 members (excludes halogenated alkanes) is 6. The van der Waals surface area contributed by atoms with E-state index in [-0.39, 0.29) is 17.2 Å². The molecule has 0 spiro atoms. The molecule has 2 heterocycles. The van der Waals surface area contributed by atoms with Crippen molar-refractivity contribution in [3.8, 4) is 0 Å². The zero-order chi connectivity index (χ0) is 26.3. The first-order valence-electron chi connectivity index (χ1n) is 13.3. The van der Waals surface area contributed by atoms with Crippen molar-refractivity contribution in [1.29, 1.82) is 0 Å². The molecule has 2 fully saturated rings. The monoisotopic (exact) mass is 522 g/mol. The molecule has 1 saturated heterocycles. The van der Waals surface area contributed by atoms with Crippen LogP contribution < -0.4 is 14.7 Å². The predicted molar refractivity (Wildman–Crippen MR) is 134 cm³/mol. The highest BCUT2D eigenvalue weighted by Gasteiger charge is 2.51. The van der Waals surface area contributed by atoms with Gasteiger partial charge in [-0.1, -0.05) is 25.7 Å². The summed E-state index contributed by atoms with van der Waals surface area (Å²) in [4.78, 5) is 31.7. The summed E-state index contributed by atoms with van der Waals surface area (Å²) >= 11 is 0. The molecular formula is C26H37FN3O7+. The van der Waals surface area contributed by atoms with E-state index >= 15 is 4.39 Å². The van der Waals surface area contributed by atoms with Crippen LogP contribution in [0.25, 0.3) is 0 Å². The Kier molecular flexibility index (Phi) is 9.63. The van der Waals surface area contributed by atoms with Crippen molar-refractivity contribution in [2.24, 2.45) is 0 Å². The number of hydrogen-bond donors (Lipinski definition) is 3. The van der Waals surface area contributed by atoms with Gasteiger partial charge in [0.05, 0.1) is 30.4 Å². The molecule has 204 valence electrons. The predicted octanol–water partition coefficient (Wildman–Crippen LogP) is 3.95. The van der Waals surface area contributed by atoms with Crippen LogP contribution in [0.5, 0.6) is 0 Å². The van der Waals surface area contributed by atoms with Crippen molar-refractivity contribution < 1.29 is 39.3 Å². The van der Waals surface area contributed by atoms with Gasteiger partial charge in [0, 0.05) is 45.1 Å². The second-order valence-electron chi connectivity index (χ2n) is 10.1. The van der Waals surface area contributed by atoms with Gasteiger partial charge < -0.3 is 15.3 Å². The Balaban J connectivity index is 1.47. The maximum atomic E-state index is 15.3. The topological polar surface area (TPSA) is 118 Å². The maximum Gasteiger partial charge on any atom is 0.345 e. The van der Waals surface area contributed by atoms with Gasteiger partial charge in [-0.15, -0.1) is 0 Å². The summed E-state index contributed by atoms with van der Waals surface area (Å²) in [5.74, 6) is -2.34. The van der Waals surface area contributed by atoms with Crippen LogP contribution >= 0.6 is 0 Å². The number of carboxylic acid groups (broad SMARTS) is 1. The van der Waals surface area contributed by atoms with Crippen LogP contribution in [-0.2, 0) is 19.8 Å². The number of carbonyl (C=O) groups is 2. The fourth-order valence-electron chi connectivity index (χ4n) is 5.56. The molecule has 4 rings (SSSR count). The third kappa shape index (κ3) is 6.54. The highest BCUT2D eigenvalue weighted by atomic mass is 19.1. The molecule has 0 amide bonds. The highest BCUT2D eigenvalue weighted by Crippen LogP contribution is 2.47. The quantitative estimate of drug-likeness (QED) is 0.103. The summed E-state index contributed by atoms with van der Waals surface area (Å²) in [7, 11) is 0. The normalized spacial score (nSPS) is 21.6. The van der Waals surface area contributed by atoms with E-state index in [2.05, 4.69) is 20.3 Å². The van der Waals surface area contributed by atoms with Gasteiger partial charge >= 0.3 is 5.97 Å². The van der Waals surface area contributed by atoms with Gasteiger partial charge in [-0.2, -0.15) is 0 Å². The Hall–Kier alpha value is -2.41. The Morgan fingerprint density at radius 2 is 1.76 bits per heavy atom. The summed E-state index contributed by atoms with van der Waals surface area (Å²) < 4.78 is 15.6. The summed E-state index contributed by atoms with van der Waals surface area (Å²) in [6.07, 6.45) is 10.3. The van der Waals surface area contributed by atoms with Crippen molar-refractivity contribution in [2.75, 3.05) is 44.2 Å². The summed E-state index contributed by atoms with van der Waals surface area (Å²) in [6, 6.07) is 3.28. The molecule has 1 saturated carbocycles. The van der Waals surface area contributed by atoms with E-state index in [1.165, 1.54) is 6.07 Å². The van der Waals surface area contributed by atoms with Crippen LogP contribution in [0.1, 0.15) is 68.1 Å². The third-order valence-electron chi connectivity index (χ3n) is 7.58. The van der Waals surface area contributed by atoms with Crippen molar-refractivity contribution in [3.63, 3.8) is 0 Å². The molecule has 3 N–H and O–H groups in total. The molecule has 2 aliphatic heterocycles. The van der Waals surface area contributed by atoms with Gasteiger partial charge in [-0.25, -0.2) is 19.3 Å². The minimum atomic E-state index is -1.26. The molecule has 10 nitrogen and oxygen atoms in total. The number of halogens is 1. The molecule has 0 aromatic heterocycles. The number of hydrogen-bond acceptors (Lipinski definition) is 8. The zero-order valence-electron chi connectivity index (χ0n) is 21.1. The number of Topliss-reactive ketones (excluding diaryl/α,β-unsaturated/α-hetero) is 1. The molecule has 3 aliphatic rings. The number of quaternary nitrogens is 1. The smallest absolute Gasteiger partial charge is 0.345 e. The minimum Gasteiger partial charge on any atom is -0.477 e. The molecule has 1 aliphatic carbocycles. The fraction of sp³-hybridized carbons (Fsp3) is 0.615. The average Bonchev–Trinajstić information content (AvgIpc) is 3.75. The number of carbonyl (C=O) groups excluding carboxylic acids is 1.